The maximum absolute atomic E-state index is 12.3. The molecule has 6 heteroatoms. The number of carbonyl (C=O) groups is 2. The Balaban J connectivity index is 1.67. The number of rotatable bonds is 6. The van der Waals surface area contributed by atoms with Crippen molar-refractivity contribution in [3.63, 3.8) is 0 Å². The molecule has 30 heavy (non-hydrogen) atoms. The monoisotopic (exact) mass is 406 g/mol. The summed E-state index contributed by atoms with van der Waals surface area (Å²) in [4.78, 5) is 28.7. The van der Waals surface area contributed by atoms with Gasteiger partial charge in [-0.25, -0.2) is 4.79 Å². The van der Waals surface area contributed by atoms with Crippen LogP contribution in [0.4, 0.5) is 0 Å². The average Bonchev–Trinajstić information content (AvgIpc) is 3.31. The van der Waals surface area contributed by atoms with Crippen molar-refractivity contribution in [1.82, 2.24) is 9.88 Å². The Labute approximate surface area is 175 Å². The van der Waals surface area contributed by atoms with E-state index in [-0.39, 0.29) is 23.3 Å². The Bertz CT molecular complexity index is 1120. The first-order valence-corrected chi connectivity index (χ1v) is 10.1. The van der Waals surface area contributed by atoms with E-state index in [2.05, 4.69) is 30.1 Å². The van der Waals surface area contributed by atoms with Crippen LogP contribution in [0.2, 0.25) is 0 Å². The minimum absolute atomic E-state index is 0.00559. The van der Waals surface area contributed by atoms with E-state index in [0.717, 1.165) is 47.0 Å². The molecule has 0 bridgehead atoms. The fraction of sp³-hybridized carbons (Fsp3) is 0.333. The molecule has 0 saturated carbocycles. The lowest BCUT2D eigenvalue weighted by Gasteiger charge is -2.16. The molecule has 0 radical (unpaired) electrons. The van der Waals surface area contributed by atoms with Gasteiger partial charge in [0.15, 0.2) is 0 Å². The Kier molecular flexibility index (Phi) is 5.24. The van der Waals surface area contributed by atoms with E-state index < -0.39 is 5.97 Å². The first-order valence-electron chi connectivity index (χ1n) is 10.1. The number of aromatic nitrogens is 1. The molecule has 1 aromatic heterocycles. The van der Waals surface area contributed by atoms with Crippen molar-refractivity contribution in [3.05, 3.63) is 64.8 Å². The van der Waals surface area contributed by atoms with Gasteiger partial charge in [-0.3, -0.25) is 4.79 Å². The van der Waals surface area contributed by atoms with Crippen molar-refractivity contribution < 1.29 is 19.4 Å². The number of methoxy groups -OCH3 is 1. The summed E-state index contributed by atoms with van der Waals surface area (Å²) in [7, 11) is 3.42. The van der Waals surface area contributed by atoms with Crippen LogP contribution in [0, 0.1) is 5.92 Å². The molecule has 1 saturated heterocycles. The molecule has 2 N–H and O–H groups in total. The van der Waals surface area contributed by atoms with Crippen LogP contribution in [-0.2, 0) is 11.2 Å². The van der Waals surface area contributed by atoms with Gasteiger partial charge in [-0.15, -0.1) is 0 Å². The number of likely N-dealkylation sites (tertiary alicyclic amines) is 1. The lowest BCUT2D eigenvalue weighted by atomic mass is 9.90. The van der Waals surface area contributed by atoms with Gasteiger partial charge < -0.3 is 19.7 Å². The third-order valence-electron chi connectivity index (χ3n) is 6.21. The van der Waals surface area contributed by atoms with E-state index in [1.807, 2.05) is 19.3 Å². The van der Waals surface area contributed by atoms with Crippen LogP contribution in [0.25, 0.3) is 10.9 Å². The van der Waals surface area contributed by atoms with Crippen molar-refractivity contribution in [2.45, 2.75) is 25.7 Å². The van der Waals surface area contributed by atoms with Crippen LogP contribution in [0.15, 0.2) is 42.6 Å². The van der Waals surface area contributed by atoms with Crippen LogP contribution in [0.3, 0.4) is 0 Å². The summed E-state index contributed by atoms with van der Waals surface area (Å²) in [6.07, 6.45) is 3.64. The molecule has 4 rings (SSSR count). The topological polar surface area (TPSA) is 82.6 Å². The standard InChI is InChI=1S/C24H26N2O4/c1-14(18-6-5-17(24(28)29)12-22(18)30-3)20-13-25-21-7-4-15(11-19(20)21)10-16-8-9-26(2)23(16)27/h4-7,11-14,16,25H,8-10H2,1-3H3,(H,28,29). The third-order valence-corrected chi connectivity index (χ3v) is 6.21. The highest BCUT2D eigenvalue weighted by Crippen LogP contribution is 2.36. The predicted molar refractivity (Wildman–Crippen MR) is 115 cm³/mol. The summed E-state index contributed by atoms with van der Waals surface area (Å²) >= 11 is 0. The Hall–Kier alpha value is -3.28. The molecule has 1 amide bonds. The van der Waals surface area contributed by atoms with Gasteiger partial charge in [-0.05, 0) is 48.2 Å². The van der Waals surface area contributed by atoms with Gasteiger partial charge in [-0.1, -0.05) is 19.1 Å². The number of aromatic amines is 1. The second kappa shape index (κ2) is 7.86. The number of fused-ring (bicyclic) bond motifs is 1. The number of hydrogen-bond acceptors (Lipinski definition) is 3. The fourth-order valence-corrected chi connectivity index (χ4v) is 4.41. The number of hydrogen-bond donors (Lipinski definition) is 2. The maximum atomic E-state index is 12.3. The highest BCUT2D eigenvalue weighted by Gasteiger charge is 2.29. The van der Waals surface area contributed by atoms with Crippen molar-refractivity contribution >= 4 is 22.8 Å². The molecule has 3 aromatic rings. The number of aromatic carboxylic acids is 1. The number of ether oxygens (including phenoxy) is 1. The van der Waals surface area contributed by atoms with Crippen LogP contribution in [-0.4, -0.2) is 47.6 Å². The Morgan fingerprint density at radius 3 is 2.73 bits per heavy atom. The van der Waals surface area contributed by atoms with E-state index in [9.17, 15) is 14.7 Å². The van der Waals surface area contributed by atoms with Gasteiger partial charge in [-0.2, -0.15) is 0 Å². The summed E-state index contributed by atoms with van der Waals surface area (Å²) < 4.78 is 5.49. The van der Waals surface area contributed by atoms with E-state index in [1.165, 1.54) is 0 Å². The van der Waals surface area contributed by atoms with Gasteiger partial charge in [0.1, 0.15) is 5.75 Å². The second-order valence-corrected chi connectivity index (χ2v) is 8.06. The molecule has 1 fully saturated rings. The van der Waals surface area contributed by atoms with Gasteiger partial charge >= 0.3 is 5.97 Å². The molecular formula is C24H26N2O4. The second-order valence-electron chi connectivity index (χ2n) is 8.06. The summed E-state index contributed by atoms with van der Waals surface area (Å²) in [6, 6.07) is 11.3. The van der Waals surface area contributed by atoms with Crippen molar-refractivity contribution in [3.8, 4) is 5.75 Å². The zero-order chi connectivity index (χ0) is 21.4. The molecule has 2 unspecified atom stereocenters. The highest BCUT2D eigenvalue weighted by atomic mass is 16.5. The first kappa shape index (κ1) is 20.0. The van der Waals surface area contributed by atoms with Crippen molar-refractivity contribution in [1.29, 1.82) is 0 Å². The summed E-state index contributed by atoms with van der Waals surface area (Å²) in [5.74, 6) is -0.133. The van der Waals surface area contributed by atoms with Gasteiger partial charge in [0, 0.05) is 48.1 Å². The number of carbonyl (C=O) groups excluding carboxylic acids is 1. The minimum atomic E-state index is -0.976. The molecule has 6 nitrogen and oxygen atoms in total. The normalized spacial score (nSPS) is 17.5. The number of benzene rings is 2. The quantitative estimate of drug-likeness (QED) is 0.647. The number of nitrogens with zero attached hydrogens (tertiary/aromatic N) is 1. The number of carboxylic acids is 1. The van der Waals surface area contributed by atoms with Gasteiger partial charge in [0.25, 0.3) is 0 Å². The van der Waals surface area contributed by atoms with Crippen LogP contribution in [0.1, 0.15) is 46.3 Å². The van der Waals surface area contributed by atoms with E-state index in [1.54, 1.807) is 24.1 Å². The molecule has 0 aliphatic carbocycles. The summed E-state index contributed by atoms with van der Waals surface area (Å²) in [5, 5.41) is 10.4. The SMILES string of the molecule is COc1cc(C(=O)O)ccc1C(C)c1c[nH]c2ccc(CC3CCN(C)C3=O)cc12. The van der Waals surface area contributed by atoms with E-state index in [0.29, 0.717) is 5.75 Å². The maximum Gasteiger partial charge on any atom is 0.335 e. The van der Waals surface area contributed by atoms with Crippen molar-refractivity contribution in [2.75, 3.05) is 20.7 Å². The lowest BCUT2D eigenvalue weighted by molar-refractivity contribution is -0.129. The molecule has 1 aliphatic heterocycles. The third kappa shape index (κ3) is 3.54. The number of carboxylic acid groups (broad SMARTS) is 1. The van der Waals surface area contributed by atoms with Crippen LogP contribution in [0.5, 0.6) is 5.75 Å². The number of H-pyrrole nitrogens is 1. The average molecular weight is 406 g/mol. The van der Waals surface area contributed by atoms with Gasteiger partial charge in [0.05, 0.1) is 12.7 Å². The molecule has 0 spiro atoms. The van der Waals surface area contributed by atoms with Crippen LogP contribution >= 0.6 is 0 Å². The molecule has 2 heterocycles. The summed E-state index contributed by atoms with van der Waals surface area (Å²) in [6.45, 7) is 2.91. The summed E-state index contributed by atoms with van der Waals surface area (Å²) in [5.41, 5.74) is 4.44. The predicted octanol–water partition coefficient (Wildman–Crippen LogP) is 4.05. The zero-order valence-corrected chi connectivity index (χ0v) is 17.4. The molecule has 2 atom stereocenters. The van der Waals surface area contributed by atoms with Gasteiger partial charge in [0.2, 0.25) is 5.91 Å². The van der Waals surface area contributed by atoms with Crippen molar-refractivity contribution in [2.24, 2.45) is 5.92 Å². The molecule has 1 aliphatic rings. The number of nitrogens with one attached hydrogen (secondary N) is 1. The number of amides is 1. The molecular weight excluding hydrogens is 380 g/mol. The fourth-order valence-electron chi connectivity index (χ4n) is 4.41. The largest absolute Gasteiger partial charge is 0.496 e. The van der Waals surface area contributed by atoms with Crippen LogP contribution < -0.4 is 4.74 Å². The van der Waals surface area contributed by atoms with E-state index in [4.69, 9.17) is 4.74 Å². The molecule has 2 aromatic carbocycles. The smallest absolute Gasteiger partial charge is 0.335 e. The highest BCUT2D eigenvalue weighted by molar-refractivity contribution is 5.89. The first-order chi connectivity index (χ1) is 14.4. The lowest BCUT2D eigenvalue weighted by Crippen LogP contribution is -2.23. The zero-order valence-electron chi connectivity index (χ0n) is 17.4. The molecule has 156 valence electrons. The van der Waals surface area contributed by atoms with E-state index >= 15 is 0 Å². The Morgan fingerprint density at radius 2 is 2.07 bits per heavy atom. The Morgan fingerprint density at radius 1 is 1.27 bits per heavy atom. The minimum Gasteiger partial charge on any atom is -0.496 e.